The average Bonchev–Trinajstić information content (AvgIpc) is 3.51. The highest BCUT2D eigenvalue weighted by Crippen LogP contribution is 2.21. The molecule has 0 fully saturated rings. The molecule has 1 amide bonds. The largest absolute Gasteiger partial charge is 0.466 e. The summed E-state index contributed by atoms with van der Waals surface area (Å²) in [5.41, 5.74) is 2.83. The molecule has 0 radical (unpaired) electrons. The number of H-pyrrole nitrogens is 1. The Morgan fingerprint density at radius 1 is 1.28 bits per heavy atom. The summed E-state index contributed by atoms with van der Waals surface area (Å²) >= 11 is 5.96. The van der Waals surface area contributed by atoms with E-state index in [4.69, 9.17) is 20.9 Å². The van der Waals surface area contributed by atoms with E-state index in [9.17, 15) is 9.59 Å². The number of aromatic amines is 1. The Morgan fingerprint density at radius 3 is 2.61 bits per heavy atom. The lowest BCUT2D eigenvalue weighted by Gasteiger charge is -2.23. The molecule has 1 aromatic carbocycles. The smallest absolute Gasteiger partial charge is 0.309 e. The van der Waals surface area contributed by atoms with Gasteiger partial charge in [-0.2, -0.15) is 20.4 Å². The zero-order valence-corrected chi connectivity index (χ0v) is 21.2. The lowest BCUT2D eigenvalue weighted by Crippen LogP contribution is -2.40. The second-order valence-electron chi connectivity index (χ2n) is 8.30. The van der Waals surface area contributed by atoms with Crippen molar-refractivity contribution in [3.63, 3.8) is 0 Å². The van der Waals surface area contributed by atoms with Gasteiger partial charge in [0.1, 0.15) is 0 Å². The first-order chi connectivity index (χ1) is 17.2. The summed E-state index contributed by atoms with van der Waals surface area (Å²) in [6.45, 7) is 9.49. The molecule has 0 saturated carbocycles. The normalized spacial score (nSPS) is 13.2. The fourth-order valence-electron chi connectivity index (χ4n) is 3.74. The Bertz CT molecular complexity index is 1200. The molecule has 0 aliphatic heterocycles. The number of ether oxygens (including phenoxy) is 1. The minimum atomic E-state index is -0.597. The molecular weight excluding hydrogens is 484 g/mol. The lowest BCUT2D eigenvalue weighted by atomic mass is 9.91. The van der Waals surface area contributed by atoms with Crippen molar-refractivity contribution in [1.82, 2.24) is 30.9 Å². The van der Waals surface area contributed by atoms with Gasteiger partial charge in [-0.15, -0.1) is 0 Å². The first-order valence-corrected chi connectivity index (χ1v) is 11.9. The highest BCUT2D eigenvalue weighted by atomic mass is 35.5. The molecule has 2 aromatic heterocycles. The molecule has 2 heterocycles. The molecule has 0 saturated heterocycles. The van der Waals surface area contributed by atoms with Crippen LogP contribution in [0.4, 0.5) is 0 Å². The van der Waals surface area contributed by atoms with Crippen LogP contribution in [-0.4, -0.2) is 50.1 Å². The van der Waals surface area contributed by atoms with Crippen molar-refractivity contribution in [1.29, 1.82) is 0 Å². The number of esters is 1. The molecule has 36 heavy (non-hydrogen) atoms. The van der Waals surface area contributed by atoms with E-state index in [2.05, 4.69) is 37.4 Å². The number of aryl methyl sites for hydroxylation is 1. The van der Waals surface area contributed by atoms with Crippen molar-refractivity contribution in [2.75, 3.05) is 6.61 Å². The van der Waals surface area contributed by atoms with Gasteiger partial charge in [-0.3, -0.25) is 9.59 Å². The van der Waals surface area contributed by atoms with Crippen LogP contribution < -0.4 is 5.32 Å². The Morgan fingerprint density at radius 2 is 2.03 bits per heavy atom. The quantitative estimate of drug-likeness (QED) is 0.276. The number of halogens is 1. The highest BCUT2D eigenvalue weighted by Gasteiger charge is 2.28. The van der Waals surface area contributed by atoms with E-state index in [1.165, 1.54) is 6.20 Å². The zero-order chi connectivity index (χ0) is 26.1. The predicted octanol–water partition coefficient (Wildman–Crippen LogP) is 3.81. The molecule has 2 atom stereocenters. The van der Waals surface area contributed by atoms with Crippen LogP contribution >= 0.6 is 11.6 Å². The minimum Gasteiger partial charge on any atom is -0.466 e. The predicted molar refractivity (Wildman–Crippen MR) is 134 cm³/mol. The third kappa shape index (κ3) is 7.88. The zero-order valence-electron chi connectivity index (χ0n) is 20.5. The van der Waals surface area contributed by atoms with Crippen LogP contribution in [0.1, 0.15) is 53.6 Å². The molecule has 3 aromatic rings. The van der Waals surface area contributed by atoms with Crippen molar-refractivity contribution in [2.24, 2.45) is 5.92 Å². The topological polar surface area (TPSA) is 136 Å². The van der Waals surface area contributed by atoms with Gasteiger partial charge in [0, 0.05) is 24.4 Å². The van der Waals surface area contributed by atoms with E-state index in [1.54, 1.807) is 26.8 Å². The molecule has 0 aliphatic rings. The van der Waals surface area contributed by atoms with E-state index in [0.717, 1.165) is 16.7 Å². The number of benzene rings is 1. The Labute approximate surface area is 214 Å². The number of hydrogen-bond acceptors (Lipinski definition) is 8. The summed E-state index contributed by atoms with van der Waals surface area (Å²) in [5.74, 6) is -0.586. The van der Waals surface area contributed by atoms with Crippen LogP contribution in [0, 0.1) is 12.8 Å². The van der Waals surface area contributed by atoms with Crippen LogP contribution in [-0.2, 0) is 22.4 Å². The Kier molecular flexibility index (Phi) is 9.52. The number of hydrogen-bond donors (Lipinski definition) is 2. The second-order valence-corrected chi connectivity index (χ2v) is 8.90. The molecule has 0 spiro atoms. The third-order valence-electron chi connectivity index (χ3n) is 5.35. The van der Waals surface area contributed by atoms with Crippen molar-refractivity contribution in [3.05, 3.63) is 76.7 Å². The second kappa shape index (κ2) is 12.8. The molecule has 190 valence electrons. The van der Waals surface area contributed by atoms with Gasteiger partial charge in [-0.1, -0.05) is 47.6 Å². The summed E-state index contributed by atoms with van der Waals surface area (Å²) < 4.78 is 10.3. The molecule has 3 rings (SSSR count). The van der Waals surface area contributed by atoms with E-state index in [0.29, 0.717) is 29.6 Å². The minimum absolute atomic E-state index is 0.149. The summed E-state index contributed by atoms with van der Waals surface area (Å²) in [4.78, 5) is 29.8. The number of rotatable bonds is 12. The number of aromatic nitrogens is 5. The number of nitrogens with one attached hydrogen (secondary N) is 2. The van der Waals surface area contributed by atoms with Crippen molar-refractivity contribution in [3.8, 4) is 0 Å². The summed E-state index contributed by atoms with van der Waals surface area (Å²) in [7, 11) is 0. The fraction of sp³-hybridized carbons (Fsp3) is 0.360. The molecular formula is C25H29ClN6O4. The van der Waals surface area contributed by atoms with Gasteiger partial charge >= 0.3 is 5.97 Å². The van der Waals surface area contributed by atoms with E-state index < -0.39 is 23.8 Å². The number of nitrogens with zero attached hydrogens (tertiary/aromatic N) is 4. The van der Waals surface area contributed by atoms with Gasteiger partial charge in [0.25, 0.3) is 5.91 Å². The third-order valence-corrected chi connectivity index (χ3v) is 5.46. The van der Waals surface area contributed by atoms with Crippen molar-refractivity contribution >= 4 is 29.1 Å². The maximum Gasteiger partial charge on any atom is 0.309 e. The number of carbonyl (C=O) groups excluding carboxylic acids is 2. The van der Waals surface area contributed by atoms with Crippen molar-refractivity contribution < 1.29 is 18.8 Å². The van der Waals surface area contributed by atoms with Crippen molar-refractivity contribution in [2.45, 2.75) is 46.1 Å². The van der Waals surface area contributed by atoms with E-state index >= 15 is 0 Å². The SMILES string of the molecule is C=C(C=C(C)Cl)c1ccc(CC(CC(Cc2noc(C)n2)C(=O)OCC)NC(=O)c2cn[nH]n2)cc1. The molecule has 2 N–H and O–H groups in total. The van der Waals surface area contributed by atoms with Gasteiger partial charge in [0.15, 0.2) is 11.5 Å². The average molecular weight is 513 g/mol. The monoisotopic (exact) mass is 512 g/mol. The molecule has 0 bridgehead atoms. The Balaban J connectivity index is 1.82. The van der Waals surface area contributed by atoms with Crippen LogP contribution in [0.3, 0.4) is 0 Å². The number of allylic oxidation sites excluding steroid dienone is 3. The first kappa shape index (κ1) is 26.8. The van der Waals surface area contributed by atoms with Crippen LogP contribution in [0.2, 0.25) is 0 Å². The summed E-state index contributed by atoms with van der Waals surface area (Å²) in [6.07, 6.45) is 4.10. The maximum absolute atomic E-state index is 12.8. The van der Waals surface area contributed by atoms with Gasteiger partial charge < -0.3 is 14.6 Å². The molecule has 0 aliphatic carbocycles. The first-order valence-electron chi connectivity index (χ1n) is 11.5. The van der Waals surface area contributed by atoms with Crippen LogP contribution in [0.5, 0.6) is 0 Å². The van der Waals surface area contributed by atoms with Gasteiger partial charge in [0.05, 0.1) is 18.7 Å². The molecule has 11 heteroatoms. The Hall–Kier alpha value is -3.79. The van der Waals surface area contributed by atoms with Crippen LogP contribution in [0.15, 0.2) is 52.7 Å². The fourth-order valence-corrected chi connectivity index (χ4v) is 3.87. The summed E-state index contributed by atoms with van der Waals surface area (Å²) in [5, 5.41) is 17.5. The van der Waals surface area contributed by atoms with Gasteiger partial charge in [0.2, 0.25) is 5.89 Å². The number of carbonyl (C=O) groups is 2. The molecule has 2 unspecified atom stereocenters. The standard InChI is InChI=1S/C25H29ClN6O4/c1-5-35-25(34)20(13-23-28-17(4)36-31-23)12-21(29-24(33)22-14-27-32-30-22)11-18-6-8-19(9-7-18)15(2)10-16(3)26/h6-10,14,20-21H,2,5,11-13H2,1,3-4H3,(H,29,33)(H,27,30,32). The van der Waals surface area contributed by atoms with Gasteiger partial charge in [-0.25, -0.2) is 0 Å². The van der Waals surface area contributed by atoms with E-state index in [1.807, 2.05) is 24.3 Å². The lowest BCUT2D eigenvalue weighted by molar-refractivity contribution is -0.148. The number of amides is 1. The summed E-state index contributed by atoms with van der Waals surface area (Å²) in [6, 6.07) is 7.37. The highest BCUT2D eigenvalue weighted by molar-refractivity contribution is 6.29. The van der Waals surface area contributed by atoms with Crippen LogP contribution in [0.25, 0.3) is 5.57 Å². The van der Waals surface area contributed by atoms with Gasteiger partial charge in [-0.05, 0) is 49.5 Å². The molecule has 10 nitrogen and oxygen atoms in total. The van der Waals surface area contributed by atoms with E-state index in [-0.39, 0.29) is 18.7 Å². The maximum atomic E-state index is 12.8.